The van der Waals surface area contributed by atoms with E-state index in [9.17, 15) is 28.1 Å². The Morgan fingerprint density at radius 3 is 2.30 bits per heavy atom. The normalized spacial score (nSPS) is 19.4. The van der Waals surface area contributed by atoms with Crippen LogP contribution in [-0.4, -0.2) is 34.6 Å². The first-order valence-electron chi connectivity index (χ1n) is 6.88. The summed E-state index contributed by atoms with van der Waals surface area (Å²) in [4.78, 5) is 21.7. The van der Waals surface area contributed by atoms with Crippen molar-refractivity contribution in [2.45, 2.75) is 32.5 Å². The maximum Gasteiger partial charge on any atom is 0.406 e. The van der Waals surface area contributed by atoms with E-state index in [0.29, 0.717) is 5.56 Å². The van der Waals surface area contributed by atoms with Gasteiger partial charge in [-0.2, -0.15) is 13.2 Å². The molecule has 126 valence electrons. The summed E-state index contributed by atoms with van der Waals surface area (Å²) in [5.41, 5.74) is 1.48. The van der Waals surface area contributed by atoms with Gasteiger partial charge in [-0.3, -0.25) is 20.3 Å². The van der Waals surface area contributed by atoms with Crippen LogP contribution in [0.25, 0.3) is 0 Å². The molecule has 1 N–H and O–H groups in total. The van der Waals surface area contributed by atoms with Crippen LogP contribution in [0.4, 0.5) is 18.9 Å². The first-order valence-corrected chi connectivity index (χ1v) is 6.88. The number of rotatable bonds is 4. The van der Waals surface area contributed by atoms with Crippen molar-refractivity contribution in [2.24, 2.45) is 5.41 Å². The summed E-state index contributed by atoms with van der Waals surface area (Å²) in [6, 6.07) is 3.01. The van der Waals surface area contributed by atoms with E-state index in [1.165, 1.54) is 12.1 Å². The number of hydrogen-bond acceptors (Lipinski definition) is 4. The van der Waals surface area contributed by atoms with Crippen molar-refractivity contribution in [3.63, 3.8) is 0 Å². The minimum Gasteiger partial charge on any atom is -0.288 e. The van der Waals surface area contributed by atoms with Crippen LogP contribution < -0.4 is 5.43 Å². The molecule has 1 unspecified atom stereocenters. The molecule has 1 aromatic rings. The predicted molar refractivity (Wildman–Crippen MR) is 75.3 cm³/mol. The van der Waals surface area contributed by atoms with Gasteiger partial charge in [-0.15, -0.1) is 0 Å². The van der Waals surface area contributed by atoms with Gasteiger partial charge in [0, 0.05) is 18.7 Å². The molecule has 0 radical (unpaired) electrons. The topological polar surface area (TPSA) is 75.5 Å². The minimum atomic E-state index is -4.55. The molecule has 1 aromatic carbocycles. The van der Waals surface area contributed by atoms with E-state index in [0.717, 1.165) is 17.1 Å². The molecule has 2 rings (SSSR count). The van der Waals surface area contributed by atoms with Gasteiger partial charge < -0.3 is 0 Å². The van der Waals surface area contributed by atoms with Gasteiger partial charge in [-0.1, -0.05) is 12.1 Å². The second kappa shape index (κ2) is 5.80. The van der Waals surface area contributed by atoms with Gasteiger partial charge in [0.2, 0.25) is 5.91 Å². The van der Waals surface area contributed by atoms with Gasteiger partial charge >= 0.3 is 6.18 Å². The van der Waals surface area contributed by atoms with Crippen LogP contribution in [0.3, 0.4) is 0 Å². The number of halogens is 3. The van der Waals surface area contributed by atoms with E-state index in [4.69, 9.17) is 0 Å². The molecule has 0 saturated carbocycles. The smallest absolute Gasteiger partial charge is 0.288 e. The number of hydrogen-bond donors (Lipinski definition) is 1. The fraction of sp³-hybridized carbons (Fsp3) is 0.500. The van der Waals surface area contributed by atoms with Crippen molar-refractivity contribution in [1.82, 2.24) is 10.4 Å². The Bertz CT molecular complexity index is 614. The van der Waals surface area contributed by atoms with Crippen molar-refractivity contribution in [1.29, 1.82) is 0 Å². The molecule has 9 heteroatoms. The quantitative estimate of drug-likeness (QED) is 0.679. The van der Waals surface area contributed by atoms with Gasteiger partial charge in [-0.05, 0) is 25.8 Å². The van der Waals surface area contributed by atoms with Gasteiger partial charge in [0.1, 0.15) is 6.04 Å². The summed E-state index contributed by atoms with van der Waals surface area (Å²) < 4.78 is 40.0. The fourth-order valence-corrected chi connectivity index (χ4v) is 2.39. The third-order valence-electron chi connectivity index (χ3n) is 3.76. The molecule has 1 fully saturated rings. The van der Waals surface area contributed by atoms with Crippen molar-refractivity contribution in [3.8, 4) is 0 Å². The predicted octanol–water partition coefficient (Wildman–Crippen LogP) is 2.44. The first kappa shape index (κ1) is 17.2. The van der Waals surface area contributed by atoms with E-state index in [-0.39, 0.29) is 12.2 Å². The number of non-ortho nitro benzene ring substituents is 1. The Morgan fingerprint density at radius 1 is 1.35 bits per heavy atom. The standard InChI is InChI=1S/C14H16F3N3O3/c1-13(2)8-19(18-12(13)21)11(14(15,16)17)7-9-3-5-10(6-4-9)20(22)23/h3-6,11H,7-8H2,1-2H3,(H,18,21). The minimum absolute atomic E-state index is 0.0665. The summed E-state index contributed by atoms with van der Waals surface area (Å²) >= 11 is 0. The molecule has 1 saturated heterocycles. The Labute approximate surface area is 130 Å². The molecule has 1 heterocycles. The van der Waals surface area contributed by atoms with Gasteiger partial charge in [0.25, 0.3) is 5.69 Å². The van der Waals surface area contributed by atoms with Crippen LogP contribution in [0.15, 0.2) is 24.3 Å². The molecule has 0 aromatic heterocycles. The highest BCUT2D eigenvalue weighted by Crippen LogP contribution is 2.32. The van der Waals surface area contributed by atoms with Crippen LogP contribution in [-0.2, 0) is 11.2 Å². The molecule has 1 aliphatic heterocycles. The zero-order chi connectivity index (χ0) is 17.4. The maximum atomic E-state index is 13.3. The van der Waals surface area contributed by atoms with E-state index >= 15 is 0 Å². The second-order valence-corrected chi connectivity index (χ2v) is 6.14. The average molecular weight is 331 g/mol. The Hall–Kier alpha value is -2.16. The largest absolute Gasteiger partial charge is 0.406 e. The lowest BCUT2D eigenvalue weighted by atomic mass is 9.94. The zero-order valence-corrected chi connectivity index (χ0v) is 12.6. The average Bonchev–Trinajstić information content (AvgIpc) is 2.69. The van der Waals surface area contributed by atoms with Crippen molar-refractivity contribution >= 4 is 11.6 Å². The number of hydrazine groups is 1. The maximum absolute atomic E-state index is 13.3. The second-order valence-electron chi connectivity index (χ2n) is 6.14. The number of benzene rings is 1. The molecule has 0 aliphatic carbocycles. The summed E-state index contributed by atoms with van der Waals surface area (Å²) in [5, 5.41) is 11.5. The van der Waals surface area contributed by atoms with Crippen LogP contribution in [0.2, 0.25) is 0 Å². The van der Waals surface area contributed by atoms with Gasteiger partial charge in [0.05, 0.1) is 10.3 Å². The highest BCUT2D eigenvalue weighted by atomic mass is 19.4. The van der Waals surface area contributed by atoms with E-state index < -0.39 is 34.9 Å². The molecule has 1 aliphatic rings. The summed E-state index contributed by atoms with van der Waals surface area (Å²) in [6.45, 7) is 3.08. The van der Waals surface area contributed by atoms with Crippen LogP contribution >= 0.6 is 0 Å². The van der Waals surface area contributed by atoms with Crippen molar-refractivity contribution in [3.05, 3.63) is 39.9 Å². The monoisotopic (exact) mass is 331 g/mol. The van der Waals surface area contributed by atoms with Crippen molar-refractivity contribution in [2.75, 3.05) is 6.54 Å². The number of nitrogens with one attached hydrogen (secondary N) is 1. The highest BCUT2D eigenvalue weighted by Gasteiger charge is 2.50. The zero-order valence-electron chi connectivity index (χ0n) is 12.6. The molecule has 1 amide bonds. The summed E-state index contributed by atoms with van der Waals surface area (Å²) in [5.74, 6) is -0.463. The Balaban J connectivity index is 2.20. The number of nitro benzene ring substituents is 1. The Kier molecular flexibility index (Phi) is 4.34. The number of nitrogens with zero attached hydrogens (tertiary/aromatic N) is 2. The molecular formula is C14H16F3N3O3. The summed E-state index contributed by atoms with van der Waals surface area (Å²) in [6.07, 6.45) is -4.95. The molecular weight excluding hydrogens is 315 g/mol. The summed E-state index contributed by atoms with van der Waals surface area (Å²) in [7, 11) is 0. The highest BCUT2D eigenvalue weighted by molar-refractivity contribution is 5.83. The SMILES string of the molecule is CC1(C)CN(C(Cc2ccc([N+](=O)[O-])cc2)C(F)(F)F)NC1=O. The first-order chi connectivity index (χ1) is 10.5. The molecule has 1 atom stereocenters. The number of nitro groups is 1. The number of carbonyl (C=O) groups excluding carboxylic acids is 1. The van der Waals surface area contributed by atoms with Crippen LogP contribution in [0, 0.1) is 15.5 Å². The molecule has 6 nitrogen and oxygen atoms in total. The molecule has 23 heavy (non-hydrogen) atoms. The lowest BCUT2D eigenvalue weighted by molar-refractivity contribution is -0.384. The molecule has 0 bridgehead atoms. The lowest BCUT2D eigenvalue weighted by Gasteiger charge is -2.29. The number of carbonyl (C=O) groups is 1. The number of alkyl halides is 3. The third kappa shape index (κ3) is 3.79. The van der Waals surface area contributed by atoms with Gasteiger partial charge in [-0.25, -0.2) is 5.01 Å². The van der Waals surface area contributed by atoms with Crippen molar-refractivity contribution < 1.29 is 22.9 Å². The van der Waals surface area contributed by atoms with E-state index in [1.807, 2.05) is 0 Å². The van der Waals surface area contributed by atoms with Crippen LogP contribution in [0.1, 0.15) is 19.4 Å². The Morgan fingerprint density at radius 2 is 1.91 bits per heavy atom. The number of amides is 1. The fourth-order valence-electron chi connectivity index (χ4n) is 2.39. The van der Waals surface area contributed by atoms with Gasteiger partial charge in [0.15, 0.2) is 0 Å². The molecule has 0 spiro atoms. The van der Waals surface area contributed by atoms with E-state index in [2.05, 4.69) is 5.43 Å². The van der Waals surface area contributed by atoms with E-state index in [1.54, 1.807) is 13.8 Å². The third-order valence-corrected chi connectivity index (χ3v) is 3.76. The lowest BCUT2D eigenvalue weighted by Crippen LogP contribution is -2.51. The van der Waals surface area contributed by atoms with Crippen LogP contribution in [0.5, 0.6) is 0 Å².